The van der Waals surface area contributed by atoms with Gasteiger partial charge >= 0.3 is 0 Å². The third kappa shape index (κ3) is 2.96. The fraction of sp³-hybridized carbons (Fsp3) is 0.400. The molecule has 1 aromatic heterocycles. The third-order valence-electron chi connectivity index (χ3n) is 3.38. The fourth-order valence-electron chi connectivity index (χ4n) is 2.09. The van der Waals surface area contributed by atoms with E-state index >= 15 is 0 Å². The second-order valence-corrected chi connectivity index (χ2v) is 5.85. The zero-order chi connectivity index (χ0) is 15.6. The average molecular weight is 308 g/mol. The maximum absolute atomic E-state index is 6.39. The minimum Gasteiger partial charge on any atom is -0.496 e. The van der Waals surface area contributed by atoms with Gasteiger partial charge in [0, 0.05) is 17.0 Å². The monoisotopic (exact) mass is 308 g/mol. The summed E-state index contributed by atoms with van der Waals surface area (Å²) in [5.74, 6) is 1.92. The number of methoxy groups -OCH3 is 3. The Kier molecular flexibility index (Phi) is 4.69. The van der Waals surface area contributed by atoms with Gasteiger partial charge < -0.3 is 19.9 Å². The van der Waals surface area contributed by atoms with Crippen molar-refractivity contribution in [1.29, 1.82) is 0 Å². The van der Waals surface area contributed by atoms with Gasteiger partial charge in [-0.25, -0.2) is 4.98 Å². The molecule has 2 rings (SSSR count). The number of aromatic nitrogens is 1. The average Bonchev–Trinajstić information content (AvgIpc) is 2.84. The van der Waals surface area contributed by atoms with Crippen molar-refractivity contribution < 1.29 is 14.2 Å². The van der Waals surface area contributed by atoms with Gasteiger partial charge in [-0.2, -0.15) is 0 Å². The van der Waals surface area contributed by atoms with E-state index in [1.165, 1.54) is 0 Å². The molecule has 0 spiro atoms. The van der Waals surface area contributed by atoms with E-state index in [1.54, 1.807) is 44.8 Å². The van der Waals surface area contributed by atoms with Gasteiger partial charge in [0.15, 0.2) is 0 Å². The first-order valence-corrected chi connectivity index (χ1v) is 7.32. The molecule has 0 saturated heterocycles. The van der Waals surface area contributed by atoms with E-state index in [9.17, 15) is 0 Å². The summed E-state index contributed by atoms with van der Waals surface area (Å²) in [4.78, 5) is 5.69. The fourth-order valence-corrected chi connectivity index (χ4v) is 3.03. The second kappa shape index (κ2) is 6.32. The Hall–Kier alpha value is -1.79. The number of benzene rings is 1. The maximum Gasteiger partial charge on any atom is 0.131 e. The Morgan fingerprint density at radius 2 is 1.62 bits per heavy atom. The summed E-state index contributed by atoms with van der Waals surface area (Å²) >= 11 is 1.59. The Balaban J connectivity index is 2.55. The number of hydrogen-bond acceptors (Lipinski definition) is 6. The zero-order valence-corrected chi connectivity index (χ0v) is 13.7. The summed E-state index contributed by atoms with van der Waals surface area (Å²) in [7, 11) is 4.80. The van der Waals surface area contributed by atoms with Crippen molar-refractivity contribution in [2.45, 2.75) is 19.9 Å². The van der Waals surface area contributed by atoms with Crippen LogP contribution in [0.3, 0.4) is 0 Å². The highest BCUT2D eigenvalue weighted by atomic mass is 32.1. The molecule has 21 heavy (non-hydrogen) atoms. The number of nitrogens with zero attached hydrogens (tertiary/aromatic N) is 1. The lowest BCUT2D eigenvalue weighted by Crippen LogP contribution is -2.14. The first kappa shape index (κ1) is 15.6. The maximum atomic E-state index is 6.39. The Morgan fingerprint density at radius 1 is 1.05 bits per heavy atom. The standard InChI is InChI=1S/C15H20N2O3S/c1-8-9(2)21-15(17-8)14(16)13-11(19-4)6-10(18-3)7-12(13)20-5/h6-7,14H,16H2,1-5H3. The van der Waals surface area contributed by atoms with Crippen molar-refractivity contribution in [1.82, 2.24) is 4.98 Å². The lowest BCUT2D eigenvalue weighted by Gasteiger charge is -2.18. The largest absolute Gasteiger partial charge is 0.496 e. The van der Waals surface area contributed by atoms with Crippen LogP contribution < -0.4 is 19.9 Å². The highest BCUT2D eigenvalue weighted by Gasteiger charge is 2.23. The molecule has 0 saturated carbocycles. The van der Waals surface area contributed by atoms with Gasteiger partial charge in [-0.05, 0) is 13.8 Å². The van der Waals surface area contributed by atoms with Gasteiger partial charge in [-0.3, -0.25) is 0 Å². The SMILES string of the molecule is COc1cc(OC)c(C(N)c2nc(C)c(C)s2)c(OC)c1. The molecule has 0 fully saturated rings. The summed E-state index contributed by atoms with van der Waals surface area (Å²) in [6.45, 7) is 4.01. The number of rotatable bonds is 5. The van der Waals surface area contributed by atoms with E-state index in [1.807, 2.05) is 13.8 Å². The number of thiazole rings is 1. The van der Waals surface area contributed by atoms with Crippen molar-refractivity contribution in [3.8, 4) is 17.2 Å². The van der Waals surface area contributed by atoms with Gasteiger partial charge in [0.25, 0.3) is 0 Å². The third-order valence-corrected chi connectivity index (χ3v) is 4.53. The van der Waals surface area contributed by atoms with Crippen LogP contribution in [-0.2, 0) is 0 Å². The smallest absolute Gasteiger partial charge is 0.131 e. The molecule has 1 atom stereocenters. The summed E-state index contributed by atoms with van der Waals surface area (Å²) in [5.41, 5.74) is 8.16. The van der Waals surface area contributed by atoms with Crippen molar-refractivity contribution in [2.75, 3.05) is 21.3 Å². The molecule has 0 aliphatic heterocycles. The molecular formula is C15H20N2O3S. The molecule has 2 aromatic rings. The van der Waals surface area contributed by atoms with Crippen molar-refractivity contribution in [3.05, 3.63) is 33.3 Å². The normalized spacial score (nSPS) is 12.1. The van der Waals surface area contributed by atoms with Crippen LogP contribution in [0.5, 0.6) is 17.2 Å². The molecular weight excluding hydrogens is 288 g/mol. The molecule has 0 amide bonds. The molecule has 1 aromatic carbocycles. The van der Waals surface area contributed by atoms with Crippen molar-refractivity contribution in [3.63, 3.8) is 0 Å². The molecule has 1 unspecified atom stereocenters. The highest BCUT2D eigenvalue weighted by molar-refractivity contribution is 7.11. The summed E-state index contributed by atoms with van der Waals surface area (Å²) < 4.78 is 16.1. The molecule has 0 radical (unpaired) electrons. The van der Waals surface area contributed by atoms with Gasteiger partial charge in [-0.1, -0.05) is 0 Å². The van der Waals surface area contributed by atoms with Gasteiger partial charge in [0.05, 0.1) is 38.6 Å². The predicted octanol–water partition coefficient (Wildman–Crippen LogP) is 2.83. The summed E-state index contributed by atoms with van der Waals surface area (Å²) in [6, 6.07) is 3.19. The van der Waals surface area contributed by atoms with E-state index in [2.05, 4.69) is 4.98 Å². The van der Waals surface area contributed by atoms with Crippen LogP contribution in [0.25, 0.3) is 0 Å². The van der Waals surface area contributed by atoms with Crippen LogP contribution in [0.1, 0.15) is 27.2 Å². The van der Waals surface area contributed by atoms with E-state index in [-0.39, 0.29) is 0 Å². The van der Waals surface area contributed by atoms with Crippen molar-refractivity contribution in [2.24, 2.45) is 5.73 Å². The van der Waals surface area contributed by atoms with Crippen LogP contribution in [0.2, 0.25) is 0 Å². The zero-order valence-electron chi connectivity index (χ0n) is 12.9. The molecule has 0 bridgehead atoms. The second-order valence-electron chi connectivity index (χ2n) is 4.62. The van der Waals surface area contributed by atoms with Crippen molar-refractivity contribution >= 4 is 11.3 Å². The molecule has 5 nitrogen and oxygen atoms in total. The Bertz CT molecular complexity index is 595. The first-order chi connectivity index (χ1) is 10.0. The van der Waals surface area contributed by atoms with Gasteiger partial charge in [0.2, 0.25) is 0 Å². The number of hydrogen-bond donors (Lipinski definition) is 1. The Morgan fingerprint density at radius 3 is 2.00 bits per heavy atom. The molecule has 114 valence electrons. The summed E-state index contributed by atoms with van der Waals surface area (Å²) in [5, 5.41) is 0.840. The minimum absolute atomic E-state index is 0.404. The number of aryl methyl sites for hydroxylation is 2. The van der Waals surface area contributed by atoms with Crippen LogP contribution in [0, 0.1) is 13.8 Å². The molecule has 2 N–H and O–H groups in total. The lowest BCUT2D eigenvalue weighted by atomic mass is 10.0. The molecule has 0 aliphatic rings. The van der Waals surface area contributed by atoms with Crippen LogP contribution >= 0.6 is 11.3 Å². The van der Waals surface area contributed by atoms with Crippen LogP contribution in [-0.4, -0.2) is 26.3 Å². The predicted molar refractivity (Wildman–Crippen MR) is 83.7 cm³/mol. The van der Waals surface area contributed by atoms with Gasteiger partial charge in [-0.15, -0.1) is 11.3 Å². The number of ether oxygens (including phenoxy) is 3. The minimum atomic E-state index is -0.404. The van der Waals surface area contributed by atoms with Gasteiger partial charge in [0.1, 0.15) is 22.3 Å². The molecule has 0 aliphatic carbocycles. The van der Waals surface area contributed by atoms with E-state index in [4.69, 9.17) is 19.9 Å². The topological polar surface area (TPSA) is 66.6 Å². The summed E-state index contributed by atoms with van der Waals surface area (Å²) in [6.07, 6.45) is 0. The van der Waals surface area contributed by atoms with Crippen LogP contribution in [0.4, 0.5) is 0 Å². The highest BCUT2D eigenvalue weighted by Crippen LogP contribution is 2.40. The van der Waals surface area contributed by atoms with Crippen LogP contribution in [0.15, 0.2) is 12.1 Å². The first-order valence-electron chi connectivity index (χ1n) is 6.51. The van der Waals surface area contributed by atoms with E-state index < -0.39 is 6.04 Å². The molecule has 1 heterocycles. The quantitative estimate of drug-likeness (QED) is 0.920. The van der Waals surface area contributed by atoms with E-state index in [0.29, 0.717) is 17.2 Å². The Labute approximate surface area is 128 Å². The number of nitrogens with two attached hydrogens (primary N) is 1. The lowest BCUT2D eigenvalue weighted by molar-refractivity contribution is 0.366. The van der Waals surface area contributed by atoms with E-state index in [0.717, 1.165) is 21.1 Å². The molecule has 6 heteroatoms.